The summed E-state index contributed by atoms with van der Waals surface area (Å²) in [7, 11) is 0. The molecule has 0 aromatic rings. The number of carbonyl (C=O) groups excluding carboxylic acids is 1. The topological polar surface area (TPSA) is 80.4 Å². The van der Waals surface area contributed by atoms with Crippen molar-refractivity contribution in [3.8, 4) is 0 Å². The summed E-state index contributed by atoms with van der Waals surface area (Å²) in [6.45, 7) is 5.12. The monoisotopic (exact) mass is 243 g/mol. The summed E-state index contributed by atoms with van der Waals surface area (Å²) >= 11 is 0. The zero-order chi connectivity index (χ0) is 13.3. The molecule has 0 heterocycles. The predicted molar refractivity (Wildman–Crippen MR) is 63.3 cm³/mol. The first kappa shape index (κ1) is 14.1. The Morgan fingerprint density at radius 2 is 2.06 bits per heavy atom. The highest BCUT2D eigenvalue weighted by atomic mass is 16.6. The highest BCUT2D eigenvalue weighted by Gasteiger charge is 2.53. The molecule has 3 atom stereocenters. The van der Waals surface area contributed by atoms with Crippen LogP contribution in [0.3, 0.4) is 0 Å². The SMILES string of the molecule is CCC(=O)[C@@H]1C[C@](C)([N+](=O)[O-])CC[C@@]1(O)CC. The number of hydrogen-bond donors (Lipinski definition) is 1. The lowest BCUT2D eigenvalue weighted by atomic mass is 9.65. The number of rotatable bonds is 4. The van der Waals surface area contributed by atoms with Crippen molar-refractivity contribution in [2.45, 2.75) is 64.0 Å². The summed E-state index contributed by atoms with van der Waals surface area (Å²) in [5.74, 6) is -0.663. The minimum atomic E-state index is -1.07. The number of aliphatic hydroxyl groups is 1. The van der Waals surface area contributed by atoms with E-state index in [1.807, 2.05) is 6.92 Å². The first-order valence-electron chi connectivity index (χ1n) is 6.18. The van der Waals surface area contributed by atoms with E-state index in [2.05, 4.69) is 0 Å². The van der Waals surface area contributed by atoms with Crippen LogP contribution in [-0.2, 0) is 4.79 Å². The zero-order valence-electron chi connectivity index (χ0n) is 10.7. The van der Waals surface area contributed by atoms with E-state index in [0.29, 0.717) is 25.7 Å². The van der Waals surface area contributed by atoms with E-state index in [-0.39, 0.29) is 17.1 Å². The van der Waals surface area contributed by atoms with Crippen molar-refractivity contribution in [3.63, 3.8) is 0 Å². The van der Waals surface area contributed by atoms with Gasteiger partial charge in [0.25, 0.3) is 0 Å². The second-order valence-electron chi connectivity index (χ2n) is 5.29. The van der Waals surface area contributed by atoms with Gasteiger partial charge in [-0.3, -0.25) is 14.9 Å². The zero-order valence-corrected chi connectivity index (χ0v) is 10.7. The van der Waals surface area contributed by atoms with Crippen LogP contribution in [0.4, 0.5) is 0 Å². The number of ketones is 1. The Bertz CT molecular complexity index is 330. The first-order valence-corrected chi connectivity index (χ1v) is 6.18. The van der Waals surface area contributed by atoms with E-state index in [1.165, 1.54) is 0 Å². The summed E-state index contributed by atoms with van der Waals surface area (Å²) in [6.07, 6.45) is 1.60. The highest BCUT2D eigenvalue weighted by Crippen LogP contribution is 2.43. The second kappa shape index (κ2) is 4.72. The summed E-state index contributed by atoms with van der Waals surface area (Å²) in [5, 5.41) is 21.5. The maximum Gasteiger partial charge on any atom is 0.220 e. The minimum absolute atomic E-state index is 0.0675. The number of nitro groups is 1. The van der Waals surface area contributed by atoms with Gasteiger partial charge in [-0.1, -0.05) is 13.8 Å². The molecule has 1 aliphatic rings. The lowest BCUT2D eigenvalue weighted by Crippen LogP contribution is -2.53. The van der Waals surface area contributed by atoms with E-state index in [0.717, 1.165) is 0 Å². The Morgan fingerprint density at radius 3 is 2.47 bits per heavy atom. The molecule has 0 aromatic carbocycles. The van der Waals surface area contributed by atoms with Crippen molar-refractivity contribution < 1.29 is 14.8 Å². The van der Waals surface area contributed by atoms with Gasteiger partial charge < -0.3 is 5.11 Å². The average molecular weight is 243 g/mol. The molecule has 98 valence electrons. The number of hydrogen-bond acceptors (Lipinski definition) is 4. The number of carbonyl (C=O) groups is 1. The molecule has 0 radical (unpaired) electrons. The van der Waals surface area contributed by atoms with E-state index in [4.69, 9.17) is 0 Å². The van der Waals surface area contributed by atoms with Gasteiger partial charge in [0, 0.05) is 31.1 Å². The van der Waals surface area contributed by atoms with Gasteiger partial charge in [0.1, 0.15) is 5.78 Å². The Kier molecular flexibility index (Phi) is 3.91. The quantitative estimate of drug-likeness (QED) is 0.604. The molecular weight excluding hydrogens is 222 g/mol. The fourth-order valence-electron chi connectivity index (χ4n) is 2.64. The molecule has 17 heavy (non-hydrogen) atoms. The molecule has 0 aromatic heterocycles. The Balaban J connectivity index is 3.00. The van der Waals surface area contributed by atoms with Crippen LogP contribution in [0.1, 0.15) is 52.9 Å². The molecule has 5 heteroatoms. The summed E-state index contributed by atoms with van der Waals surface area (Å²) in [4.78, 5) is 22.6. The molecule has 1 aliphatic carbocycles. The van der Waals surface area contributed by atoms with Crippen LogP contribution in [0.15, 0.2) is 0 Å². The van der Waals surface area contributed by atoms with Crippen LogP contribution in [0.5, 0.6) is 0 Å². The van der Waals surface area contributed by atoms with Gasteiger partial charge >= 0.3 is 0 Å². The average Bonchev–Trinajstić information content (AvgIpc) is 2.31. The van der Waals surface area contributed by atoms with Crippen LogP contribution in [0, 0.1) is 16.0 Å². The lowest BCUT2D eigenvalue weighted by Gasteiger charge is -2.42. The summed E-state index contributed by atoms with van der Waals surface area (Å²) < 4.78 is 0. The molecule has 1 fully saturated rings. The van der Waals surface area contributed by atoms with Gasteiger partial charge in [-0.05, 0) is 12.8 Å². The van der Waals surface area contributed by atoms with Crippen molar-refractivity contribution in [3.05, 3.63) is 10.1 Å². The molecular formula is C12H21NO4. The first-order chi connectivity index (χ1) is 7.79. The molecule has 0 unspecified atom stereocenters. The third kappa shape index (κ3) is 2.49. The van der Waals surface area contributed by atoms with E-state index < -0.39 is 17.1 Å². The van der Waals surface area contributed by atoms with Gasteiger partial charge in [-0.2, -0.15) is 0 Å². The third-order valence-corrected chi connectivity index (χ3v) is 4.18. The maximum atomic E-state index is 11.9. The van der Waals surface area contributed by atoms with Crippen LogP contribution < -0.4 is 0 Å². The molecule has 0 amide bonds. The standard InChI is InChI=1S/C12H21NO4/c1-4-10(14)9-8-11(3,13(16)17)6-7-12(9,15)5-2/h9,15H,4-8H2,1-3H3/t9-,11+,12-/m0/s1. The van der Waals surface area contributed by atoms with Gasteiger partial charge in [-0.25, -0.2) is 0 Å². The van der Waals surface area contributed by atoms with Crippen LogP contribution in [0.2, 0.25) is 0 Å². The molecule has 0 bridgehead atoms. The molecule has 0 spiro atoms. The molecule has 1 rings (SSSR count). The van der Waals surface area contributed by atoms with E-state index in [1.54, 1.807) is 13.8 Å². The van der Waals surface area contributed by atoms with E-state index >= 15 is 0 Å². The van der Waals surface area contributed by atoms with E-state index in [9.17, 15) is 20.0 Å². The molecule has 0 aliphatic heterocycles. The van der Waals surface area contributed by atoms with Crippen molar-refractivity contribution >= 4 is 5.78 Å². The molecule has 1 saturated carbocycles. The van der Waals surface area contributed by atoms with Gasteiger partial charge in [-0.15, -0.1) is 0 Å². The minimum Gasteiger partial charge on any atom is -0.389 e. The second-order valence-corrected chi connectivity index (χ2v) is 5.29. The van der Waals surface area contributed by atoms with Crippen LogP contribution in [-0.4, -0.2) is 27.0 Å². The summed E-state index contributed by atoms with van der Waals surface area (Å²) in [6, 6.07) is 0. The normalized spacial score (nSPS) is 37.8. The number of nitrogens with zero attached hydrogens (tertiary/aromatic N) is 1. The predicted octanol–water partition coefficient (Wildman–Crippen LogP) is 1.94. The maximum absolute atomic E-state index is 11.9. The molecule has 1 N–H and O–H groups in total. The van der Waals surface area contributed by atoms with Crippen molar-refractivity contribution in [2.75, 3.05) is 0 Å². The number of Topliss-reactive ketones (excluding diaryl/α,β-unsaturated/α-hetero) is 1. The highest BCUT2D eigenvalue weighted by molar-refractivity contribution is 5.82. The largest absolute Gasteiger partial charge is 0.389 e. The molecule has 5 nitrogen and oxygen atoms in total. The van der Waals surface area contributed by atoms with Crippen LogP contribution >= 0.6 is 0 Å². The van der Waals surface area contributed by atoms with Crippen molar-refractivity contribution in [2.24, 2.45) is 5.92 Å². The van der Waals surface area contributed by atoms with Crippen molar-refractivity contribution in [1.29, 1.82) is 0 Å². The lowest BCUT2D eigenvalue weighted by molar-refractivity contribution is -0.573. The Morgan fingerprint density at radius 1 is 1.47 bits per heavy atom. The summed E-state index contributed by atoms with van der Waals surface area (Å²) in [5.41, 5.74) is -2.13. The van der Waals surface area contributed by atoms with Gasteiger partial charge in [0.15, 0.2) is 0 Å². The van der Waals surface area contributed by atoms with Gasteiger partial charge in [0.05, 0.1) is 11.5 Å². The third-order valence-electron chi connectivity index (χ3n) is 4.18. The fourth-order valence-corrected chi connectivity index (χ4v) is 2.64. The van der Waals surface area contributed by atoms with Crippen LogP contribution in [0.25, 0.3) is 0 Å². The Labute approximate surface area is 101 Å². The van der Waals surface area contributed by atoms with Crippen molar-refractivity contribution in [1.82, 2.24) is 0 Å². The Hall–Kier alpha value is -0.970. The fraction of sp³-hybridized carbons (Fsp3) is 0.917. The smallest absolute Gasteiger partial charge is 0.220 e. The van der Waals surface area contributed by atoms with Gasteiger partial charge in [0.2, 0.25) is 5.54 Å². The molecule has 0 saturated heterocycles.